The molecular formula is C19H20F3NO4. The zero-order chi connectivity index (χ0) is 20.2. The van der Waals surface area contributed by atoms with Crippen molar-refractivity contribution in [1.29, 1.82) is 0 Å². The lowest BCUT2D eigenvalue weighted by Crippen LogP contribution is -2.26. The smallest absolute Gasteiger partial charge is 0.416 e. The molecule has 2 aromatic carbocycles. The van der Waals surface area contributed by atoms with Gasteiger partial charge in [0.2, 0.25) is 5.75 Å². The van der Waals surface area contributed by atoms with Crippen LogP contribution in [0.15, 0.2) is 36.4 Å². The van der Waals surface area contributed by atoms with Gasteiger partial charge in [-0.2, -0.15) is 13.2 Å². The second-order valence-electron chi connectivity index (χ2n) is 5.74. The zero-order valence-electron chi connectivity index (χ0n) is 15.4. The van der Waals surface area contributed by atoms with E-state index in [0.29, 0.717) is 11.3 Å². The number of rotatable bonds is 6. The summed E-state index contributed by atoms with van der Waals surface area (Å²) in [5.41, 5.74) is 0.0876. The molecule has 0 unspecified atom stereocenters. The molecule has 0 aliphatic heterocycles. The molecule has 1 amide bonds. The summed E-state index contributed by atoms with van der Waals surface area (Å²) in [6.07, 6.45) is -4.40. The number of alkyl halides is 3. The van der Waals surface area contributed by atoms with E-state index in [2.05, 4.69) is 0 Å². The van der Waals surface area contributed by atoms with Crippen LogP contribution in [-0.2, 0) is 12.7 Å². The summed E-state index contributed by atoms with van der Waals surface area (Å²) in [7, 11) is 5.86. The van der Waals surface area contributed by atoms with E-state index < -0.39 is 11.7 Å². The van der Waals surface area contributed by atoms with E-state index in [1.54, 1.807) is 19.2 Å². The van der Waals surface area contributed by atoms with Crippen LogP contribution in [0.1, 0.15) is 21.5 Å². The van der Waals surface area contributed by atoms with Crippen molar-refractivity contribution in [3.05, 3.63) is 53.1 Å². The lowest BCUT2D eigenvalue weighted by Gasteiger charge is -2.21. The van der Waals surface area contributed by atoms with E-state index in [1.807, 2.05) is 0 Å². The molecule has 0 heterocycles. The van der Waals surface area contributed by atoms with Crippen LogP contribution in [0.2, 0.25) is 0 Å². The van der Waals surface area contributed by atoms with Crippen LogP contribution in [0.3, 0.4) is 0 Å². The minimum Gasteiger partial charge on any atom is -0.493 e. The second-order valence-corrected chi connectivity index (χ2v) is 5.74. The van der Waals surface area contributed by atoms with Gasteiger partial charge in [0, 0.05) is 13.6 Å². The molecule has 0 radical (unpaired) electrons. The third-order valence-electron chi connectivity index (χ3n) is 3.98. The summed E-state index contributed by atoms with van der Waals surface area (Å²) < 4.78 is 53.7. The maximum Gasteiger partial charge on any atom is 0.416 e. The number of ether oxygens (including phenoxy) is 3. The van der Waals surface area contributed by atoms with E-state index in [4.69, 9.17) is 14.2 Å². The van der Waals surface area contributed by atoms with Crippen molar-refractivity contribution < 1.29 is 32.2 Å². The van der Waals surface area contributed by atoms with E-state index in [9.17, 15) is 18.0 Å². The standard InChI is InChI=1S/C19H20F3NO4/c1-23(11-12-5-7-13(8-6-12)19(20,21)22)18(24)14-9-10-15(25-2)17(27-4)16(14)26-3/h5-10H,11H2,1-4H3. The largest absolute Gasteiger partial charge is 0.493 e. The van der Waals surface area contributed by atoms with Crippen LogP contribution >= 0.6 is 0 Å². The number of halogens is 3. The summed E-state index contributed by atoms with van der Waals surface area (Å²) in [4.78, 5) is 14.2. The molecule has 0 aromatic heterocycles. The van der Waals surface area contributed by atoms with Crippen LogP contribution < -0.4 is 14.2 Å². The molecule has 146 valence electrons. The van der Waals surface area contributed by atoms with Gasteiger partial charge in [-0.3, -0.25) is 4.79 Å². The van der Waals surface area contributed by atoms with Gasteiger partial charge in [0.1, 0.15) is 0 Å². The fraction of sp³-hybridized carbons (Fsp3) is 0.316. The van der Waals surface area contributed by atoms with Gasteiger partial charge < -0.3 is 19.1 Å². The molecule has 2 aromatic rings. The Kier molecular flexibility index (Phi) is 6.20. The first-order valence-corrected chi connectivity index (χ1v) is 7.93. The summed E-state index contributed by atoms with van der Waals surface area (Å²) in [5, 5.41) is 0. The van der Waals surface area contributed by atoms with Gasteiger partial charge in [-0.15, -0.1) is 0 Å². The first kappa shape index (κ1) is 20.4. The molecule has 2 rings (SSSR count). The Bertz CT molecular complexity index is 804. The van der Waals surface area contributed by atoms with Crippen LogP contribution in [0.4, 0.5) is 13.2 Å². The SMILES string of the molecule is COc1ccc(C(=O)N(C)Cc2ccc(C(F)(F)F)cc2)c(OC)c1OC. The zero-order valence-corrected chi connectivity index (χ0v) is 15.4. The summed E-state index contributed by atoms with van der Waals surface area (Å²) in [5.74, 6) is 0.555. The van der Waals surface area contributed by atoms with E-state index in [-0.39, 0.29) is 29.5 Å². The lowest BCUT2D eigenvalue weighted by atomic mass is 10.1. The van der Waals surface area contributed by atoms with Gasteiger partial charge >= 0.3 is 6.18 Å². The van der Waals surface area contributed by atoms with E-state index in [1.165, 1.54) is 38.4 Å². The van der Waals surface area contributed by atoms with Crippen molar-refractivity contribution in [2.24, 2.45) is 0 Å². The van der Waals surface area contributed by atoms with Crippen molar-refractivity contribution in [1.82, 2.24) is 4.90 Å². The van der Waals surface area contributed by atoms with Crippen molar-refractivity contribution in [3.63, 3.8) is 0 Å². The molecule has 27 heavy (non-hydrogen) atoms. The number of nitrogens with zero attached hydrogens (tertiary/aromatic N) is 1. The Balaban J connectivity index is 2.25. The fourth-order valence-electron chi connectivity index (χ4n) is 2.62. The van der Waals surface area contributed by atoms with Gasteiger partial charge in [0.05, 0.1) is 32.5 Å². The highest BCUT2D eigenvalue weighted by Crippen LogP contribution is 2.40. The Hall–Kier alpha value is -2.90. The van der Waals surface area contributed by atoms with Crippen molar-refractivity contribution in [3.8, 4) is 17.2 Å². The topological polar surface area (TPSA) is 48.0 Å². The molecule has 0 aliphatic rings. The van der Waals surface area contributed by atoms with E-state index in [0.717, 1.165) is 12.1 Å². The maximum atomic E-state index is 12.8. The number of carbonyl (C=O) groups excluding carboxylic acids is 1. The molecule has 0 bridgehead atoms. The Morgan fingerprint density at radius 3 is 2.00 bits per heavy atom. The molecule has 0 aliphatic carbocycles. The molecule has 0 saturated carbocycles. The molecule has 8 heteroatoms. The Morgan fingerprint density at radius 1 is 0.926 bits per heavy atom. The Morgan fingerprint density at radius 2 is 1.52 bits per heavy atom. The molecule has 0 saturated heterocycles. The number of carbonyl (C=O) groups is 1. The van der Waals surface area contributed by atoms with Crippen LogP contribution in [0.25, 0.3) is 0 Å². The highest BCUT2D eigenvalue weighted by molar-refractivity contribution is 5.98. The number of hydrogen-bond donors (Lipinski definition) is 0. The Labute approximate surface area is 155 Å². The van der Waals surface area contributed by atoms with Gasteiger partial charge in [-0.05, 0) is 29.8 Å². The van der Waals surface area contributed by atoms with Gasteiger partial charge in [0.15, 0.2) is 11.5 Å². The number of hydrogen-bond acceptors (Lipinski definition) is 4. The molecule has 0 spiro atoms. The first-order chi connectivity index (χ1) is 12.7. The third-order valence-corrected chi connectivity index (χ3v) is 3.98. The highest BCUT2D eigenvalue weighted by Gasteiger charge is 2.30. The average Bonchev–Trinajstić information content (AvgIpc) is 2.65. The second kappa shape index (κ2) is 8.20. The van der Waals surface area contributed by atoms with Gasteiger partial charge in [0.25, 0.3) is 5.91 Å². The van der Waals surface area contributed by atoms with Crippen molar-refractivity contribution in [2.75, 3.05) is 28.4 Å². The first-order valence-electron chi connectivity index (χ1n) is 7.93. The van der Waals surface area contributed by atoms with Crippen LogP contribution in [0.5, 0.6) is 17.2 Å². The van der Waals surface area contributed by atoms with Gasteiger partial charge in [-0.25, -0.2) is 0 Å². The summed E-state index contributed by atoms with van der Waals surface area (Å²) in [6, 6.07) is 7.80. The lowest BCUT2D eigenvalue weighted by molar-refractivity contribution is -0.137. The summed E-state index contributed by atoms with van der Waals surface area (Å²) in [6.45, 7) is 0.133. The fourth-order valence-corrected chi connectivity index (χ4v) is 2.62. The van der Waals surface area contributed by atoms with Crippen molar-refractivity contribution >= 4 is 5.91 Å². The number of amides is 1. The summed E-state index contributed by atoms with van der Waals surface area (Å²) >= 11 is 0. The quantitative estimate of drug-likeness (QED) is 0.757. The molecule has 0 fully saturated rings. The number of benzene rings is 2. The van der Waals surface area contributed by atoms with Crippen LogP contribution in [-0.4, -0.2) is 39.2 Å². The monoisotopic (exact) mass is 383 g/mol. The highest BCUT2D eigenvalue weighted by atomic mass is 19.4. The number of methoxy groups -OCH3 is 3. The van der Waals surface area contributed by atoms with Crippen molar-refractivity contribution in [2.45, 2.75) is 12.7 Å². The molecule has 5 nitrogen and oxygen atoms in total. The predicted molar refractivity (Wildman–Crippen MR) is 93.3 cm³/mol. The maximum absolute atomic E-state index is 12.8. The molecule has 0 N–H and O–H groups in total. The third kappa shape index (κ3) is 4.45. The molecular weight excluding hydrogens is 363 g/mol. The minimum atomic E-state index is -4.40. The van der Waals surface area contributed by atoms with E-state index >= 15 is 0 Å². The van der Waals surface area contributed by atoms with Gasteiger partial charge in [-0.1, -0.05) is 12.1 Å². The van der Waals surface area contributed by atoms with Crippen LogP contribution in [0, 0.1) is 0 Å². The normalized spacial score (nSPS) is 11.1. The predicted octanol–water partition coefficient (Wildman–Crippen LogP) is 4.00. The molecule has 0 atom stereocenters. The average molecular weight is 383 g/mol. The minimum absolute atomic E-state index is 0.133.